The van der Waals surface area contributed by atoms with Gasteiger partial charge >= 0.3 is 0 Å². The number of hydrogen-bond donors (Lipinski definition) is 2. The topological polar surface area (TPSA) is 57.5 Å². The molecule has 1 fully saturated rings. The fraction of sp³-hybridized carbons (Fsp3) is 0.526. The average molecular weight is 329 g/mol. The number of nitrogens with zero attached hydrogens (tertiary/aromatic N) is 2. The molecule has 2 N–H and O–H groups in total. The summed E-state index contributed by atoms with van der Waals surface area (Å²) in [6, 6.07) is 8.18. The molecule has 0 radical (unpaired) electrons. The number of hydrogen-bond acceptors (Lipinski definition) is 3. The van der Waals surface area contributed by atoms with Crippen LogP contribution in [0.4, 0.5) is 0 Å². The van der Waals surface area contributed by atoms with Crippen LogP contribution in [0.5, 0.6) is 0 Å². The van der Waals surface area contributed by atoms with Crippen molar-refractivity contribution in [2.24, 2.45) is 7.05 Å². The van der Waals surface area contributed by atoms with Gasteiger partial charge in [0.1, 0.15) is 0 Å². The summed E-state index contributed by atoms with van der Waals surface area (Å²) in [5, 5.41) is 13.4. The number of amides is 1. The zero-order valence-electron chi connectivity index (χ0n) is 14.4. The van der Waals surface area contributed by atoms with Gasteiger partial charge in [-0.25, -0.2) is 0 Å². The van der Waals surface area contributed by atoms with Crippen LogP contribution >= 0.6 is 0 Å². The number of likely N-dealkylation sites (tertiary alicyclic amines) is 1. The molecular formula is C19H27N3O2. The van der Waals surface area contributed by atoms with Gasteiger partial charge in [0.15, 0.2) is 0 Å². The number of nitrogens with one attached hydrogen (secondary N) is 1. The van der Waals surface area contributed by atoms with Crippen molar-refractivity contribution in [3.8, 4) is 0 Å². The largest absolute Gasteiger partial charge is 0.395 e. The quantitative estimate of drug-likeness (QED) is 0.765. The fourth-order valence-corrected chi connectivity index (χ4v) is 3.63. The van der Waals surface area contributed by atoms with Gasteiger partial charge in [-0.2, -0.15) is 0 Å². The highest BCUT2D eigenvalue weighted by Crippen LogP contribution is 2.19. The molecule has 1 saturated heterocycles. The SMILES string of the molecule is Cn1ccc2c(C(=O)NCCCCN3CCCC3CO)cccc21. The van der Waals surface area contributed by atoms with Crippen molar-refractivity contribution >= 4 is 16.8 Å². The minimum atomic E-state index is 0.00112. The highest BCUT2D eigenvalue weighted by atomic mass is 16.3. The minimum Gasteiger partial charge on any atom is -0.395 e. The maximum Gasteiger partial charge on any atom is 0.251 e. The number of benzene rings is 1. The fourth-order valence-electron chi connectivity index (χ4n) is 3.63. The number of aryl methyl sites for hydroxylation is 1. The first-order chi connectivity index (χ1) is 11.7. The molecule has 1 amide bonds. The average Bonchev–Trinajstić information content (AvgIpc) is 3.21. The molecule has 1 aromatic heterocycles. The number of rotatable bonds is 7. The smallest absolute Gasteiger partial charge is 0.251 e. The van der Waals surface area contributed by atoms with E-state index < -0.39 is 0 Å². The van der Waals surface area contributed by atoms with Crippen molar-refractivity contribution in [1.82, 2.24) is 14.8 Å². The Balaban J connectivity index is 1.45. The number of aromatic nitrogens is 1. The third kappa shape index (κ3) is 3.62. The second-order valence-corrected chi connectivity index (χ2v) is 6.64. The number of aliphatic hydroxyl groups excluding tert-OH is 1. The Labute approximate surface area is 143 Å². The van der Waals surface area contributed by atoms with E-state index in [4.69, 9.17) is 0 Å². The van der Waals surface area contributed by atoms with Gasteiger partial charge in [-0.15, -0.1) is 0 Å². The summed E-state index contributed by atoms with van der Waals surface area (Å²) in [4.78, 5) is 14.8. The molecule has 0 aliphatic carbocycles. The van der Waals surface area contributed by atoms with Crippen molar-refractivity contribution in [1.29, 1.82) is 0 Å². The molecule has 3 rings (SSSR count). The number of carbonyl (C=O) groups excluding carboxylic acids is 1. The van der Waals surface area contributed by atoms with E-state index in [0.717, 1.165) is 48.8 Å². The molecule has 5 heteroatoms. The Kier molecular flexibility index (Phi) is 5.53. The van der Waals surface area contributed by atoms with E-state index in [1.54, 1.807) is 0 Å². The second kappa shape index (κ2) is 7.81. The van der Waals surface area contributed by atoms with Crippen LogP contribution in [0.15, 0.2) is 30.5 Å². The molecule has 1 aliphatic rings. The third-order valence-corrected chi connectivity index (χ3v) is 5.04. The van der Waals surface area contributed by atoms with E-state index >= 15 is 0 Å². The van der Waals surface area contributed by atoms with Crippen LogP contribution in [0.2, 0.25) is 0 Å². The van der Waals surface area contributed by atoms with E-state index in [0.29, 0.717) is 12.6 Å². The van der Waals surface area contributed by atoms with Gasteiger partial charge in [0.25, 0.3) is 5.91 Å². The zero-order valence-corrected chi connectivity index (χ0v) is 14.4. The lowest BCUT2D eigenvalue weighted by Gasteiger charge is -2.22. The highest BCUT2D eigenvalue weighted by Gasteiger charge is 2.22. The van der Waals surface area contributed by atoms with Gasteiger partial charge in [-0.3, -0.25) is 9.69 Å². The first-order valence-electron chi connectivity index (χ1n) is 8.88. The van der Waals surface area contributed by atoms with Gasteiger partial charge in [-0.05, 0) is 57.0 Å². The molecule has 130 valence electrons. The maximum absolute atomic E-state index is 12.4. The Hall–Kier alpha value is -1.85. The Morgan fingerprint density at radius 2 is 2.21 bits per heavy atom. The summed E-state index contributed by atoms with van der Waals surface area (Å²) >= 11 is 0. The monoisotopic (exact) mass is 329 g/mol. The van der Waals surface area contributed by atoms with Crippen molar-refractivity contribution in [3.63, 3.8) is 0 Å². The Bertz CT molecular complexity index is 695. The summed E-state index contributed by atoms with van der Waals surface area (Å²) in [5.41, 5.74) is 1.82. The van der Waals surface area contributed by atoms with Crippen LogP contribution in [0.1, 0.15) is 36.0 Å². The maximum atomic E-state index is 12.4. The van der Waals surface area contributed by atoms with Crippen LogP contribution in [0.3, 0.4) is 0 Å². The van der Waals surface area contributed by atoms with Crippen LogP contribution in [0, 0.1) is 0 Å². The van der Waals surface area contributed by atoms with Gasteiger partial charge in [0, 0.05) is 42.3 Å². The Morgan fingerprint density at radius 1 is 1.33 bits per heavy atom. The number of unbranched alkanes of at least 4 members (excludes halogenated alkanes) is 1. The van der Waals surface area contributed by atoms with Gasteiger partial charge in [-0.1, -0.05) is 6.07 Å². The van der Waals surface area contributed by atoms with E-state index in [1.807, 2.05) is 42.1 Å². The zero-order chi connectivity index (χ0) is 16.9. The Morgan fingerprint density at radius 3 is 3.04 bits per heavy atom. The van der Waals surface area contributed by atoms with Crippen molar-refractivity contribution in [2.75, 3.05) is 26.2 Å². The molecule has 0 spiro atoms. The summed E-state index contributed by atoms with van der Waals surface area (Å²) in [6.07, 6.45) is 6.28. The summed E-state index contributed by atoms with van der Waals surface area (Å²) in [7, 11) is 1.99. The second-order valence-electron chi connectivity index (χ2n) is 6.64. The molecule has 0 bridgehead atoms. The van der Waals surface area contributed by atoms with Gasteiger partial charge < -0.3 is 15.0 Å². The van der Waals surface area contributed by atoms with Crippen LogP contribution in [0.25, 0.3) is 10.9 Å². The van der Waals surface area contributed by atoms with Crippen LogP contribution in [-0.4, -0.2) is 52.8 Å². The standard InChI is InChI=1S/C19H27N3O2/c1-21-13-9-16-17(7-4-8-18(16)21)19(24)20-10-2-3-11-22-12-5-6-15(22)14-23/h4,7-9,13,15,23H,2-3,5-6,10-12,14H2,1H3,(H,20,24). The van der Waals surface area contributed by atoms with E-state index in [-0.39, 0.29) is 12.5 Å². The third-order valence-electron chi connectivity index (χ3n) is 5.04. The first kappa shape index (κ1) is 17.0. The van der Waals surface area contributed by atoms with Crippen LogP contribution in [-0.2, 0) is 7.05 Å². The van der Waals surface area contributed by atoms with Crippen LogP contribution < -0.4 is 5.32 Å². The summed E-state index contributed by atoms with van der Waals surface area (Å²) in [6.45, 7) is 3.06. The minimum absolute atomic E-state index is 0.00112. The lowest BCUT2D eigenvalue weighted by Crippen LogP contribution is -2.33. The lowest BCUT2D eigenvalue weighted by molar-refractivity contribution is 0.0954. The van der Waals surface area contributed by atoms with E-state index in [9.17, 15) is 9.90 Å². The van der Waals surface area contributed by atoms with Gasteiger partial charge in [0.05, 0.1) is 6.61 Å². The predicted octanol–water partition coefficient (Wildman–Crippen LogP) is 2.14. The summed E-state index contributed by atoms with van der Waals surface area (Å²) < 4.78 is 2.03. The molecule has 1 aliphatic heterocycles. The molecule has 1 unspecified atom stereocenters. The number of carbonyl (C=O) groups is 1. The predicted molar refractivity (Wildman–Crippen MR) is 96.2 cm³/mol. The number of fused-ring (bicyclic) bond motifs is 1. The number of aliphatic hydroxyl groups is 1. The van der Waals surface area contributed by atoms with Gasteiger partial charge in [0.2, 0.25) is 0 Å². The normalized spacial score (nSPS) is 18.3. The molecule has 2 aromatic rings. The molecule has 5 nitrogen and oxygen atoms in total. The van der Waals surface area contributed by atoms with Crippen molar-refractivity contribution < 1.29 is 9.90 Å². The first-order valence-corrected chi connectivity index (χ1v) is 8.88. The summed E-state index contributed by atoms with van der Waals surface area (Å²) in [5.74, 6) is 0.00112. The molecule has 1 atom stereocenters. The molecule has 1 aromatic carbocycles. The molecular weight excluding hydrogens is 302 g/mol. The lowest BCUT2D eigenvalue weighted by atomic mass is 10.1. The van der Waals surface area contributed by atoms with E-state index in [2.05, 4.69) is 10.2 Å². The van der Waals surface area contributed by atoms with Crippen molar-refractivity contribution in [2.45, 2.75) is 31.7 Å². The van der Waals surface area contributed by atoms with Crippen molar-refractivity contribution in [3.05, 3.63) is 36.0 Å². The molecule has 2 heterocycles. The molecule has 0 saturated carbocycles. The highest BCUT2D eigenvalue weighted by molar-refractivity contribution is 6.06. The molecule has 24 heavy (non-hydrogen) atoms. The van der Waals surface area contributed by atoms with E-state index in [1.165, 1.54) is 6.42 Å².